The zero-order valence-electron chi connectivity index (χ0n) is 21.6. The molecule has 2 aromatic rings. The van der Waals surface area contributed by atoms with Gasteiger partial charge in [-0.2, -0.15) is 16.0 Å². The van der Waals surface area contributed by atoms with Crippen LogP contribution in [-0.2, 0) is 27.0 Å². The number of nitrogens with two attached hydrogens (primary N) is 1. The summed E-state index contributed by atoms with van der Waals surface area (Å²) >= 11 is 1.01. The average Bonchev–Trinajstić information content (AvgIpc) is 3.38. The first kappa shape index (κ1) is 27.9. The molecule has 204 valence electrons. The highest BCUT2D eigenvalue weighted by Crippen LogP contribution is 2.31. The first-order valence-electron chi connectivity index (χ1n) is 12.9. The van der Waals surface area contributed by atoms with Crippen LogP contribution >= 0.6 is 12.0 Å². The van der Waals surface area contributed by atoms with Gasteiger partial charge in [0.1, 0.15) is 5.75 Å². The van der Waals surface area contributed by atoms with Crippen LogP contribution in [0.4, 0.5) is 4.79 Å². The smallest absolute Gasteiger partial charge is 0.339 e. The third-order valence-corrected chi connectivity index (χ3v) is 7.64. The van der Waals surface area contributed by atoms with Crippen LogP contribution in [-0.4, -0.2) is 48.4 Å². The molecule has 4 rings (SSSR count). The quantitative estimate of drug-likeness (QED) is 0.224. The number of nitrogens with one attached hydrogen (secondary N) is 2. The van der Waals surface area contributed by atoms with Crippen LogP contribution in [0, 0.1) is 0 Å². The standard InChI is InChI=1S/C27H35N5O5S/c1-35-23-11-7-21(8-12-23)19-27(16-18-30-32(27)26(34)31-22-5-3-2-4-6-22)25(33)29-17-15-20-9-13-24(14-10-20)38-37-36-28/h7-14,18,22H,2-6,15-17,19,28H2,1H3,(H,29,33)(H,31,34). The minimum absolute atomic E-state index is 0.108. The Labute approximate surface area is 227 Å². The van der Waals surface area contributed by atoms with Gasteiger partial charge in [-0.3, -0.25) is 4.79 Å². The van der Waals surface area contributed by atoms with E-state index in [4.69, 9.17) is 10.6 Å². The lowest BCUT2D eigenvalue weighted by molar-refractivity contribution is -0.195. The number of benzene rings is 2. The van der Waals surface area contributed by atoms with E-state index in [1.165, 1.54) is 11.4 Å². The molecule has 1 aliphatic carbocycles. The average molecular weight is 542 g/mol. The molecule has 0 spiro atoms. The number of amides is 3. The highest BCUT2D eigenvalue weighted by molar-refractivity contribution is 7.94. The summed E-state index contributed by atoms with van der Waals surface area (Å²) in [5.41, 5.74) is 0.800. The number of nitrogens with zero attached hydrogens (tertiary/aromatic N) is 2. The summed E-state index contributed by atoms with van der Waals surface area (Å²) in [7, 11) is 1.61. The summed E-state index contributed by atoms with van der Waals surface area (Å²) in [5, 5.41) is 11.9. The molecule has 0 radical (unpaired) electrons. The van der Waals surface area contributed by atoms with Crippen LogP contribution in [0.15, 0.2) is 58.5 Å². The van der Waals surface area contributed by atoms with Crippen molar-refractivity contribution in [3.8, 4) is 5.75 Å². The molecule has 1 fully saturated rings. The molecular weight excluding hydrogens is 506 g/mol. The third-order valence-electron chi connectivity index (χ3n) is 7.03. The maximum Gasteiger partial charge on any atom is 0.339 e. The van der Waals surface area contributed by atoms with E-state index in [0.29, 0.717) is 25.8 Å². The first-order chi connectivity index (χ1) is 18.5. The molecule has 1 saturated carbocycles. The Balaban J connectivity index is 1.46. The summed E-state index contributed by atoms with van der Waals surface area (Å²) in [4.78, 5) is 32.1. The van der Waals surface area contributed by atoms with Crippen LogP contribution in [0.3, 0.4) is 0 Å². The van der Waals surface area contributed by atoms with E-state index in [2.05, 4.69) is 25.1 Å². The molecule has 3 amide bonds. The fraction of sp³-hybridized carbons (Fsp3) is 0.444. The maximum absolute atomic E-state index is 13.8. The van der Waals surface area contributed by atoms with Gasteiger partial charge in [-0.05, 0) is 54.7 Å². The maximum atomic E-state index is 13.8. The predicted octanol–water partition coefficient (Wildman–Crippen LogP) is 3.90. The van der Waals surface area contributed by atoms with E-state index >= 15 is 0 Å². The number of carbonyl (C=O) groups excluding carboxylic acids is 2. The Kier molecular flexibility index (Phi) is 9.99. The lowest BCUT2D eigenvalue weighted by Crippen LogP contribution is -2.61. The van der Waals surface area contributed by atoms with Crippen molar-refractivity contribution in [1.29, 1.82) is 0 Å². The van der Waals surface area contributed by atoms with Gasteiger partial charge < -0.3 is 15.4 Å². The number of carbonyl (C=O) groups is 2. The SMILES string of the molecule is COc1ccc(CC2(C(=O)NCCc3ccc(SOON)cc3)CC=NN2C(=O)NC2CCCCC2)cc1. The second kappa shape index (κ2) is 13.6. The van der Waals surface area contributed by atoms with Gasteiger partial charge in [-0.1, -0.05) is 43.5 Å². The number of urea groups is 1. The molecular formula is C27H35N5O5S. The van der Waals surface area contributed by atoms with Gasteiger partial charge in [-0.25, -0.2) is 4.79 Å². The summed E-state index contributed by atoms with van der Waals surface area (Å²) in [6.07, 6.45) is 8.22. The second-order valence-electron chi connectivity index (χ2n) is 9.55. The minimum atomic E-state index is -1.16. The molecule has 1 heterocycles. The third kappa shape index (κ3) is 7.04. The minimum Gasteiger partial charge on any atom is -0.497 e. The number of hydrazone groups is 1. The molecule has 11 heteroatoms. The van der Waals surface area contributed by atoms with Gasteiger partial charge in [0.05, 0.1) is 19.2 Å². The summed E-state index contributed by atoms with van der Waals surface area (Å²) < 4.78 is 9.94. The van der Waals surface area contributed by atoms with Crippen molar-refractivity contribution in [3.05, 3.63) is 59.7 Å². The molecule has 10 nitrogen and oxygen atoms in total. The van der Waals surface area contributed by atoms with E-state index < -0.39 is 5.54 Å². The monoisotopic (exact) mass is 541 g/mol. The van der Waals surface area contributed by atoms with Crippen molar-refractivity contribution >= 4 is 30.2 Å². The van der Waals surface area contributed by atoms with Gasteiger partial charge in [0.25, 0.3) is 0 Å². The van der Waals surface area contributed by atoms with Crippen LogP contribution in [0.5, 0.6) is 5.75 Å². The van der Waals surface area contributed by atoms with E-state index in [1.807, 2.05) is 48.5 Å². The molecule has 0 bridgehead atoms. The zero-order chi connectivity index (χ0) is 26.8. The van der Waals surface area contributed by atoms with Crippen LogP contribution in [0.25, 0.3) is 0 Å². The molecule has 38 heavy (non-hydrogen) atoms. The van der Waals surface area contributed by atoms with Crippen molar-refractivity contribution in [2.45, 2.75) is 67.8 Å². The zero-order valence-corrected chi connectivity index (χ0v) is 22.4. The van der Waals surface area contributed by atoms with Gasteiger partial charge in [0.15, 0.2) is 5.54 Å². The molecule has 0 saturated heterocycles. The molecule has 2 aromatic carbocycles. The lowest BCUT2D eigenvalue weighted by atomic mass is 9.86. The first-order valence-corrected chi connectivity index (χ1v) is 13.6. The largest absolute Gasteiger partial charge is 0.497 e. The lowest BCUT2D eigenvalue weighted by Gasteiger charge is -2.36. The topological polar surface area (TPSA) is 128 Å². The summed E-state index contributed by atoms with van der Waals surface area (Å²) in [6.45, 7) is 0.413. The van der Waals surface area contributed by atoms with Gasteiger partial charge in [-0.15, -0.1) is 9.32 Å². The fourth-order valence-electron chi connectivity index (χ4n) is 4.95. The summed E-state index contributed by atoms with van der Waals surface area (Å²) in [6, 6.07) is 15.0. The Hall–Kier alpha value is -3.12. The van der Waals surface area contributed by atoms with Gasteiger partial charge >= 0.3 is 6.03 Å². The number of methoxy groups -OCH3 is 1. The number of ether oxygens (including phenoxy) is 1. The Morgan fingerprint density at radius 2 is 1.79 bits per heavy atom. The molecule has 1 aliphatic heterocycles. The Morgan fingerprint density at radius 1 is 1.08 bits per heavy atom. The molecule has 1 unspecified atom stereocenters. The Morgan fingerprint density at radius 3 is 2.47 bits per heavy atom. The highest BCUT2D eigenvalue weighted by Gasteiger charge is 2.49. The van der Waals surface area contributed by atoms with Crippen molar-refractivity contribution in [2.75, 3.05) is 13.7 Å². The van der Waals surface area contributed by atoms with Crippen molar-refractivity contribution < 1.29 is 23.6 Å². The predicted molar refractivity (Wildman–Crippen MR) is 145 cm³/mol. The molecule has 1 atom stereocenters. The number of hydrogen-bond donors (Lipinski definition) is 3. The van der Waals surface area contributed by atoms with Crippen LogP contribution in [0.1, 0.15) is 49.7 Å². The van der Waals surface area contributed by atoms with E-state index in [9.17, 15) is 9.59 Å². The van der Waals surface area contributed by atoms with Gasteiger partial charge in [0.2, 0.25) is 5.91 Å². The fourth-order valence-corrected chi connectivity index (χ4v) is 5.32. The number of rotatable bonds is 11. The van der Waals surface area contributed by atoms with Crippen LogP contribution in [0.2, 0.25) is 0 Å². The van der Waals surface area contributed by atoms with E-state index in [0.717, 1.165) is 59.5 Å². The second-order valence-corrected chi connectivity index (χ2v) is 10.3. The Bertz CT molecular complexity index is 1090. The summed E-state index contributed by atoms with van der Waals surface area (Å²) in [5.74, 6) is 5.37. The normalized spacial score (nSPS) is 19.4. The van der Waals surface area contributed by atoms with Crippen molar-refractivity contribution in [2.24, 2.45) is 11.0 Å². The van der Waals surface area contributed by atoms with Crippen LogP contribution < -0.4 is 21.3 Å². The van der Waals surface area contributed by atoms with E-state index in [-0.39, 0.29) is 18.0 Å². The molecule has 4 N–H and O–H groups in total. The molecule has 0 aromatic heterocycles. The molecule has 2 aliphatic rings. The van der Waals surface area contributed by atoms with Crippen molar-refractivity contribution in [3.63, 3.8) is 0 Å². The van der Waals surface area contributed by atoms with Gasteiger partial charge in [0, 0.05) is 36.5 Å². The van der Waals surface area contributed by atoms with E-state index in [1.54, 1.807) is 13.3 Å². The highest BCUT2D eigenvalue weighted by atomic mass is 32.2. The van der Waals surface area contributed by atoms with Crippen molar-refractivity contribution in [1.82, 2.24) is 15.6 Å². The number of hydrogen-bond acceptors (Lipinski definition) is 8.